The molecule has 0 saturated heterocycles. The van der Waals surface area contributed by atoms with Crippen LogP contribution in [0.25, 0.3) is 21.1 Å². The minimum atomic E-state index is -0.874. The molecule has 5 rings (SSSR count). The Hall–Kier alpha value is -2.89. The second kappa shape index (κ2) is 7.66. The lowest BCUT2D eigenvalue weighted by Crippen LogP contribution is -2.34. The molecule has 31 heavy (non-hydrogen) atoms. The summed E-state index contributed by atoms with van der Waals surface area (Å²) in [5.41, 5.74) is 2.08. The van der Waals surface area contributed by atoms with E-state index in [9.17, 15) is 4.79 Å². The van der Waals surface area contributed by atoms with E-state index in [0.29, 0.717) is 27.4 Å². The lowest BCUT2D eigenvalue weighted by molar-refractivity contribution is 0.0949. The first-order valence-electron chi connectivity index (χ1n) is 9.25. The van der Waals surface area contributed by atoms with E-state index < -0.39 is 10.7 Å². The lowest BCUT2D eigenvalue weighted by Gasteiger charge is -2.10. The summed E-state index contributed by atoms with van der Waals surface area (Å²) in [5, 5.41) is 7.25. The predicted molar refractivity (Wildman–Crippen MR) is 122 cm³/mol. The molecule has 1 amide bonds. The molecule has 1 aliphatic heterocycles. The third kappa shape index (κ3) is 3.58. The van der Waals surface area contributed by atoms with Gasteiger partial charge in [-0.05, 0) is 36.9 Å². The van der Waals surface area contributed by atoms with Crippen LogP contribution in [0.2, 0.25) is 5.28 Å². The van der Waals surface area contributed by atoms with Gasteiger partial charge in [-0.15, -0.1) is 11.3 Å². The third-order valence-electron chi connectivity index (χ3n) is 4.73. The summed E-state index contributed by atoms with van der Waals surface area (Å²) in [4.78, 5) is 30.9. The number of anilines is 1. The zero-order valence-corrected chi connectivity index (χ0v) is 18.8. The Kier molecular flexibility index (Phi) is 4.95. The van der Waals surface area contributed by atoms with Crippen LogP contribution in [0.4, 0.5) is 5.69 Å². The van der Waals surface area contributed by atoms with Gasteiger partial charge in [-0.25, -0.2) is 15.0 Å². The standard InChI is InChI=1S/C19H16ClN7O2S2/c1-8-5-22-15-13-10(30-16(15)17(28)25-8)4-3-9-14(13)23-7-12(26-9)29-18-11(31(2)21)6-24-19(20)27-18/h3-4,6-8,21-22H,5H2,1-2H3,(H,25,28)/t8-,31?/m1/s1. The quantitative estimate of drug-likeness (QED) is 0.384. The molecule has 4 heterocycles. The highest BCUT2D eigenvalue weighted by Gasteiger charge is 2.25. The molecule has 12 heteroatoms. The molecule has 158 valence electrons. The number of nitrogens with one attached hydrogen (secondary N) is 3. The predicted octanol–water partition coefficient (Wildman–Crippen LogP) is 3.99. The summed E-state index contributed by atoms with van der Waals surface area (Å²) < 4.78 is 14.8. The fraction of sp³-hybridized carbons (Fsp3) is 0.211. The van der Waals surface area contributed by atoms with E-state index in [2.05, 4.69) is 30.6 Å². The van der Waals surface area contributed by atoms with Crippen molar-refractivity contribution in [3.8, 4) is 11.8 Å². The van der Waals surface area contributed by atoms with Crippen molar-refractivity contribution in [1.82, 2.24) is 25.3 Å². The number of ether oxygens (including phenoxy) is 1. The fourth-order valence-electron chi connectivity index (χ4n) is 3.34. The van der Waals surface area contributed by atoms with Gasteiger partial charge < -0.3 is 15.4 Å². The number of nitrogens with zero attached hydrogens (tertiary/aromatic N) is 4. The van der Waals surface area contributed by atoms with Crippen LogP contribution >= 0.6 is 22.9 Å². The highest BCUT2D eigenvalue weighted by molar-refractivity contribution is 7.85. The molecule has 3 N–H and O–H groups in total. The van der Waals surface area contributed by atoms with Gasteiger partial charge in [0.2, 0.25) is 17.0 Å². The van der Waals surface area contributed by atoms with Crippen molar-refractivity contribution in [2.75, 3.05) is 18.1 Å². The highest BCUT2D eigenvalue weighted by atomic mass is 35.5. The molecular formula is C19H16ClN7O2S2. The Balaban J connectivity index is 1.61. The normalized spacial score (nSPS) is 17.0. The summed E-state index contributed by atoms with van der Waals surface area (Å²) in [6.45, 7) is 2.58. The van der Waals surface area contributed by atoms with Crippen LogP contribution in [-0.4, -0.2) is 44.7 Å². The van der Waals surface area contributed by atoms with E-state index in [4.69, 9.17) is 21.1 Å². The first-order chi connectivity index (χ1) is 14.9. The maximum Gasteiger partial charge on any atom is 0.263 e. The molecule has 1 aromatic carbocycles. The number of carbonyl (C=O) groups is 1. The van der Waals surface area contributed by atoms with E-state index in [-0.39, 0.29) is 29.0 Å². The van der Waals surface area contributed by atoms with Gasteiger partial charge in [0.1, 0.15) is 4.88 Å². The number of benzene rings is 1. The largest absolute Gasteiger partial charge is 0.418 e. The van der Waals surface area contributed by atoms with Gasteiger partial charge in [0.15, 0.2) is 0 Å². The highest BCUT2D eigenvalue weighted by Crippen LogP contribution is 2.40. The fourth-order valence-corrected chi connectivity index (χ4v) is 5.11. The van der Waals surface area contributed by atoms with Crippen LogP contribution < -0.4 is 15.4 Å². The Morgan fingerprint density at radius 3 is 2.94 bits per heavy atom. The van der Waals surface area contributed by atoms with E-state index >= 15 is 0 Å². The first kappa shape index (κ1) is 20.0. The summed E-state index contributed by atoms with van der Waals surface area (Å²) >= 11 is 7.33. The van der Waals surface area contributed by atoms with Gasteiger partial charge in [0.05, 0.1) is 34.0 Å². The number of thiophene rings is 1. The van der Waals surface area contributed by atoms with Crippen LogP contribution in [0.5, 0.6) is 11.8 Å². The van der Waals surface area contributed by atoms with Crippen molar-refractivity contribution in [1.29, 1.82) is 4.78 Å². The van der Waals surface area contributed by atoms with Gasteiger partial charge in [0.25, 0.3) is 5.91 Å². The molecule has 0 aliphatic carbocycles. The molecule has 0 radical (unpaired) electrons. The molecule has 0 bridgehead atoms. The van der Waals surface area contributed by atoms with E-state index in [1.807, 2.05) is 19.1 Å². The summed E-state index contributed by atoms with van der Waals surface area (Å²) in [6, 6.07) is 3.79. The Labute approximate surface area is 188 Å². The summed E-state index contributed by atoms with van der Waals surface area (Å²) in [6.07, 6.45) is 4.70. The maximum absolute atomic E-state index is 12.6. The number of rotatable bonds is 3. The average Bonchev–Trinajstić information content (AvgIpc) is 3.04. The van der Waals surface area contributed by atoms with Crippen molar-refractivity contribution in [3.05, 3.63) is 34.7 Å². The van der Waals surface area contributed by atoms with Crippen LogP contribution in [0.1, 0.15) is 16.6 Å². The van der Waals surface area contributed by atoms with Gasteiger partial charge in [-0.3, -0.25) is 9.57 Å². The van der Waals surface area contributed by atoms with Crippen LogP contribution in [0.15, 0.2) is 29.4 Å². The molecule has 2 atom stereocenters. The average molecular weight is 474 g/mol. The number of halogens is 1. The van der Waals surface area contributed by atoms with Crippen molar-refractivity contribution >= 4 is 66.3 Å². The van der Waals surface area contributed by atoms with Gasteiger partial charge in [-0.1, -0.05) is 10.7 Å². The lowest BCUT2D eigenvalue weighted by atomic mass is 10.1. The Morgan fingerprint density at radius 1 is 1.29 bits per heavy atom. The molecule has 4 aromatic rings. The van der Waals surface area contributed by atoms with Crippen molar-refractivity contribution in [3.63, 3.8) is 0 Å². The van der Waals surface area contributed by atoms with E-state index in [1.54, 1.807) is 6.26 Å². The second-order valence-electron chi connectivity index (χ2n) is 7.00. The van der Waals surface area contributed by atoms with Crippen LogP contribution in [0, 0.1) is 4.78 Å². The summed E-state index contributed by atoms with van der Waals surface area (Å²) in [7, 11) is -0.874. The van der Waals surface area contributed by atoms with Crippen molar-refractivity contribution < 1.29 is 9.53 Å². The minimum absolute atomic E-state index is 0.0252. The minimum Gasteiger partial charge on any atom is -0.418 e. The van der Waals surface area contributed by atoms with E-state index in [1.165, 1.54) is 23.7 Å². The topological polar surface area (TPSA) is 126 Å². The Bertz CT molecular complexity index is 1390. The summed E-state index contributed by atoms with van der Waals surface area (Å²) in [5.74, 6) is 0.328. The maximum atomic E-state index is 12.6. The number of hydrogen-bond donors (Lipinski definition) is 3. The third-order valence-corrected chi connectivity index (χ3v) is 7.01. The molecule has 0 saturated carbocycles. The molecule has 1 aliphatic rings. The molecule has 0 spiro atoms. The first-order valence-corrected chi connectivity index (χ1v) is 12.1. The smallest absolute Gasteiger partial charge is 0.263 e. The zero-order valence-electron chi connectivity index (χ0n) is 16.4. The Morgan fingerprint density at radius 2 is 2.13 bits per heavy atom. The second-order valence-corrected chi connectivity index (χ2v) is 9.85. The molecule has 1 unspecified atom stereocenters. The van der Waals surface area contributed by atoms with Gasteiger partial charge in [-0.2, -0.15) is 4.98 Å². The monoisotopic (exact) mass is 473 g/mol. The SMILES string of the molecule is C[C@@H]1CNc2c(sc3ccc4nc(Oc5nc(Cl)ncc5S(C)=N)cnc4c23)C(=O)N1. The number of hydrogen-bond acceptors (Lipinski definition) is 9. The van der Waals surface area contributed by atoms with Crippen molar-refractivity contribution in [2.24, 2.45) is 0 Å². The number of fused-ring (bicyclic) bond motifs is 5. The van der Waals surface area contributed by atoms with Gasteiger partial charge >= 0.3 is 0 Å². The van der Waals surface area contributed by atoms with Crippen LogP contribution in [-0.2, 0) is 10.7 Å². The van der Waals surface area contributed by atoms with Crippen molar-refractivity contribution in [2.45, 2.75) is 17.9 Å². The molecule has 0 fully saturated rings. The number of carbonyl (C=O) groups excluding carboxylic acids is 1. The number of amides is 1. The van der Waals surface area contributed by atoms with Gasteiger partial charge in [0, 0.05) is 22.7 Å². The molecular weight excluding hydrogens is 458 g/mol. The molecule has 9 nitrogen and oxygen atoms in total. The van der Waals surface area contributed by atoms with Crippen LogP contribution in [0.3, 0.4) is 0 Å². The molecule has 3 aromatic heterocycles. The van der Waals surface area contributed by atoms with E-state index in [0.717, 1.165) is 15.8 Å². The number of aromatic nitrogens is 4. The zero-order chi connectivity index (χ0) is 21.7.